The van der Waals surface area contributed by atoms with Crippen molar-refractivity contribution in [3.8, 4) is 0 Å². The van der Waals surface area contributed by atoms with Crippen molar-refractivity contribution in [1.82, 2.24) is 4.90 Å². The van der Waals surface area contributed by atoms with Gasteiger partial charge in [-0.25, -0.2) is 0 Å². The number of nitrogens with one attached hydrogen (secondary N) is 1. The summed E-state index contributed by atoms with van der Waals surface area (Å²) in [6.45, 7) is 4.50. The number of aliphatic hydroxyl groups is 1. The number of amidine groups is 1. The summed E-state index contributed by atoms with van der Waals surface area (Å²) in [5.74, 6) is 0.0178. The highest BCUT2D eigenvalue weighted by atomic mass is 35.5. The Morgan fingerprint density at radius 1 is 1.44 bits per heavy atom. The van der Waals surface area contributed by atoms with Gasteiger partial charge < -0.3 is 10.8 Å². The number of nitrogens with zero attached hydrogens (tertiary/aromatic N) is 1. The highest BCUT2D eigenvalue weighted by Gasteiger charge is 2.08. The number of aliphatic hydroxyl groups excluding tert-OH is 1. The normalized spacial score (nSPS) is 10.9. The molecule has 4 nitrogen and oxygen atoms in total. The van der Waals surface area contributed by atoms with Crippen LogP contribution in [0.3, 0.4) is 0 Å². The van der Waals surface area contributed by atoms with Gasteiger partial charge in [0.15, 0.2) is 0 Å². The highest BCUT2D eigenvalue weighted by Crippen LogP contribution is 2.19. The minimum absolute atomic E-state index is 0.0178. The summed E-state index contributed by atoms with van der Waals surface area (Å²) >= 11 is 6.18. The van der Waals surface area contributed by atoms with Crippen molar-refractivity contribution in [2.24, 2.45) is 5.73 Å². The van der Waals surface area contributed by atoms with E-state index in [0.29, 0.717) is 23.7 Å². The van der Waals surface area contributed by atoms with Gasteiger partial charge in [0.25, 0.3) is 0 Å². The average Bonchev–Trinajstić information content (AvgIpc) is 2.32. The van der Waals surface area contributed by atoms with Crippen molar-refractivity contribution in [2.75, 3.05) is 19.7 Å². The topological polar surface area (TPSA) is 73.3 Å². The molecule has 1 aromatic carbocycles. The molecule has 0 bridgehead atoms. The maximum atomic E-state index is 9.01. The van der Waals surface area contributed by atoms with Gasteiger partial charge in [-0.15, -0.1) is 0 Å². The largest absolute Gasteiger partial charge is 0.395 e. The van der Waals surface area contributed by atoms with E-state index >= 15 is 0 Å². The second-order valence-corrected chi connectivity index (χ2v) is 4.63. The summed E-state index contributed by atoms with van der Waals surface area (Å²) in [7, 11) is 0. The molecule has 0 unspecified atom stereocenters. The smallest absolute Gasteiger partial charge is 0.122 e. The Hall–Kier alpha value is -1.10. The third-order valence-electron chi connectivity index (χ3n) is 2.71. The van der Waals surface area contributed by atoms with E-state index in [4.69, 9.17) is 27.9 Å². The highest BCUT2D eigenvalue weighted by molar-refractivity contribution is 6.31. The molecule has 0 aliphatic rings. The van der Waals surface area contributed by atoms with Crippen LogP contribution in [0, 0.1) is 5.41 Å². The molecule has 4 N–H and O–H groups in total. The standard InChI is InChI=1S/C13H20ClN3O/c1-2-5-17(6-7-18)9-11-4-3-10(13(15)16)8-12(11)14/h3-4,8,18H,2,5-7,9H2,1H3,(H3,15,16). The molecule has 0 saturated heterocycles. The zero-order chi connectivity index (χ0) is 13.5. The summed E-state index contributed by atoms with van der Waals surface area (Å²) in [6, 6.07) is 5.40. The van der Waals surface area contributed by atoms with Crippen LogP contribution in [0.2, 0.25) is 5.02 Å². The van der Waals surface area contributed by atoms with Crippen LogP contribution in [-0.4, -0.2) is 35.5 Å². The van der Waals surface area contributed by atoms with Gasteiger partial charge in [-0.05, 0) is 24.6 Å². The lowest BCUT2D eigenvalue weighted by molar-refractivity contribution is 0.190. The van der Waals surface area contributed by atoms with Crippen molar-refractivity contribution in [3.63, 3.8) is 0 Å². The van der Waals surface area contributed by atoms with Gasteiger partial charge in [-0.3, -0.25) is 10.3 Å². The van der Waals surface area contributed by atoms with Crippen molar-refractivity contribution < 1.29 is 5.11 Å². The van der Waals surface area contributed by atoms with Crippen LogP contribution in [0.25, 0.3) is 0 Å². The van der Waals surface area contributed by atoms with Crippen LogP contribution in [0.15, 0.2) is 18.2 Å². The number of nitrogen functional groups attached to an aromatic ring is 1. The Morgan fingerprint density at radius 3 is 2.67 bits per heavy atom. The van der Waals surface area contributed by atoms with Crippen molar-refractivity contribution >= 4 is 17.4 Å². The van der Waals surface area contributed by atoms with Crippen molar-refractivity contribution in [2.45, 2.75) is 19.9 Å². The SMILES string of the molecule is CCCN(CCO)Cc1ccc(C(=N)N)cc1Cl. The number of benzene rings is 1. The first-order valence-corrected chi connectivity index (χ1v) is 6.42. The van der Waals surface area contributed by atoms with E-state index in [9.17, 15) is 0 Å². The summed E-state index contributed by atoms with van der Waals surface area (Å²) in [4.78, 5) is 2.15. The van der Waals surface area contributed by atoms with E-state index in [-0.39, 0.29) is 12.4 Å². The molecular weight excluding hydrogens is 250 g/mol. The Labute approximate surface area is 113 Å². The lowest BCUT2D eigenvalue weighted by Crippen LogP contribution is -2.27. The van der Waals surface area contributed by atoms with Crippen LogP contribution in [0.4, 0.5) is 0 Å². The molecule has 0 spiro atoms. The quantitative estimate of drug-likeness (QED) is 0.522. The van der Waals surface area contributed by atoms with Gasteiger partial charge in [0, 0.05) is 23.7 Å². The summed E-state index contributed by atoms with van der Waals surface area (Å²) in [5, 5.41) is 17.0. The fourth-order valence-electron chi connectivity index (χ4n) is 1.81. The van der Waals surface area contributed by atoms with E-state index in [1.165, 1.54) is 0 Å². The van der Waals surface area contributed by atoms with Gasteiger partial charge in [-0.1, -0.05) is 30.7 Å². The number of rotatable bonds is 7. The lowest BCUT2D eigenvalue weighted by atomic mass is 10.1. The molecule has 0 radical (unpaired) electrons. The molecule has 0 heterocycles. The van der Waals surface area contributed by atoms with Gasteiger partial charge >= 0.3 is 0 Å². The molecule has 0 aliphatic heterocycles. The summed E-state index contributed by atoms with van der Waals surface area (Å²) in [6.07, 6.45) is 1.03. The Morgan fingerprint density at radius 2 is 2.17 bits per heavy atom. The Balaban J connectivity index is 2.79. The van der Waals surface area contributed by atoms with Crippen LogP contribution in [0.1, 0.15) is 24.5 Å². The van der Waals surface area contributed by atoms with Gasteiger partial charge in [0.05, 0.1) is 6.61 Å². The second kappa shape index (κ2) is 7.36. The molecule has 0 amide bonds. The second-order valence-electron chi connectivity index (χ2n) is 4.22. The first kappa shape index (κ1) is 15.0. The first-order valence-electron chi connectivity index (χ1n) is 6.04. The molecule has 1 aromatic rings. The predicted octanol–water partition coefficient (Wildman–Crippen LogP) is 1.83. The van der Waals surface area contributed by atoms with E-state index < -0.39 is 0 Å². The minimum Gasteiger partial charge on any atom is -0.395 e. The predicted molar refractivity (Wildman–Crippen MR) is 75.1 cm³/mol. The van der Waals surface area contributed by atoms with Crippen LogP contribution >= 0.6 is 11.6 Å². The minimum atomic E-state index is 0.0178. The maximum absolute atomic E-state index is 9.01. The molecule has 1 rings (SSSR count). The Bertz CT molecular complexity index is 403. The number of hydrogen-bond acceptors (Lipinski definition) is 3. The van der Waals surface area contributed by atoms with Crippen LogP contribution in [0.5, 0.6) is 0 Å². The summed E-state index contributed by atoms with van der Waals surface area (Å²) < 4.78 is 0. The number of nitrogens with two attached hydrogens (primary N) is 1. The van der Waals surface area contributed by atoms with Crippen molar-refractivity contribution in [3.05, 3.63) is 34.3 Å². The van der Waals surface area contributed by atoms with Crippen molar-refractivity contribution in [1.29, 1.82) is 5.41 Å². The van der Waals surface area contributed by atoms with E-state index in [0.717, 1.165) is 18.5 Å². The molecule has 0 atom stereocenters. The van der Waals surface area contributed by atoms with Gasteiger partial charge in [-0.2, -0.15) is 0 Å². The fraction of sp³-hybridized carbons (Fsp3) is 0.462. The lowest BCUT2D eigenvalue weighted by Gasteiger charge is -2.21. The Kier molecular flexibility index (Phi) is 6.12. The van der Waals surface area contributed by atoms with E-state index in [1.54, 1.807) is 12.1 Å². The number of halogens is 1. The van der Waals surface area contributed by atoms with Crippen LogP contribution < -0.4 is 5.73 Å². The third kappa shape index (κ3) is 4.29. The zero-order valence-electron chi connectivity index (χ0n) is 10.6. The monoisotopic (exact) mass is 269 g/mol. The first-order chi connectivity index (χ1) is 8.58. The van der Waals surface area contributed by atoms with Gasteiger partial charge in [0.2, 0.25) is 0 Å². The zero-order valence-corrected chi connectivity index (χ0v) is 11.4. The molecule has 18 heavy (non-hydrogen) atoms. The molecule has 5 heteroatoms. The maximum Gasteiger partial charge on any atom is 0.122 e. The molecular formula is C13H20ClN3O. The van der Waals surface area contributed by atoms with Gasteiger partial charge in [0.1, 0.15) is 5.84 Å². The average molecular weight is 270 g/mol. The molecule has 0 aromatic heterocycles. The number of hydrogen-bond donors (Lipinski definition) is 3. The van der Waals surface area contributed by atoms with Crippen LogP contribution in [-0.2, 0) is 6.54 Å². The molecule has 0 fully saturated rings. The van der Waals surface area contributed by atoms with E-state index in [1.807, 2.05) is 6.07 Å². The summed E-state index contributed by atoms with van der Waals surface area (Å²) in [5.41, 5.74) is 7.03. The van der Waals surface area contributed by atoms with E-state index in [2.05, 4.69) is 11.8 Å². The third-order valence-corrected chi connectivity index (χ3v) is 3.07. The molecule has 0 saturated carbocycles. The molecule has 100 valence electrons. The molecule has 0 aliphatic carbocycles. The fourth-order valence-corrected chi connectivity index (χ4v) is 2.05.